The van der Waals surface area contributed by atoms with Crippen LogP contribution in [-0.2, 0) is 27.7 Å². The molecular weight excluding hydrogens is 618 g/mol. The Morgan fingerprint density at radius 2 is 1.70 bits per heavy atom. The summed E-state index contributed by atoms with van der Waals surface area (Å²) in [6.07, 6.45) is -5.35. The summed E-state index contributed by atoms with van der Waals surface area (Å²) in [5, 5.41) is 32.4. The van der Waals surface area contributed by atoms with Gasteiger partial charge in [0, 0.05) is 10.8 Å². The second-order valence-electron chi connectivity index (χ2n) is 9.76. The van der Waals surface area contributed by atoms with Crippen molar-refractivity contribution in [1.82, 2.24) is 34.1 Å². The van der Waals surface area contributed by atoms with Crippen LogP contribution in [0.15, 0.2) is 36.0 Å². The molecule has 4 aromatic rings. The molecule has 0 amide bonds. The highest BCUT2D eigenvalue weighted by molar-refractivity contribution is 7.53. The number of fused-ring (bicyclic) bond motifs is 2. The first-order chi connectivity index (χ1) is 20.5. The number of aliphatic hydroxyl groups is 3. The van der Waals surface area contributed by atoms with Crippen LogP contribution in [0.2, 0.25) is 0 Å². The average Bonchev–Trinajstić information content (AvgIpc) is 3.72. The number of ether oxygens (including phenoxy) is 2. The van der Waals surface area contributed by atoms with E-state index in [1.165, 1.54) is 34.1 Å². The molecule has 43 heavy (non-hydrogen) atoms. The van der Waals surface area contributed by atoms with Crippen LogP contribution in [0.1, 0.15) is 12.5 Å². The van der Waals surface area contributed by atoms with Crippen LogP contribution in [0.5, 0.6) is 0 Å². The van der Waals surface area contributed by atoms with E-state index in [9.17, 15) is 34.1 Å². The predicted octanol–water partition coefficient (Wildman–Crippen LogP) is -1.74. The van der Waals surface area contributed by atoms with E-state index in [-0.39, 0.29) is 28.0 Å². The minimum absolute atomic E-state index is 0.0206. The van der Waals surface area contributed by atoms with E-state index in [2.05, 4.69) is 29.4 Å². The Bertz CT molecular complexity index is 1780. The maximum Gasteiger partial charge on any atom is 0.694 e. The van der Waals surface area contributed by atoms with Crippen molar-refractivity contribution >= 4 is 43.9 Å². The number of aliphatic hydroxyl groups excluding tert-OH is 3. The van der Waals surface area contributed by atoms with Gasteiger partial charge in [0.1, 0.15) is 54.6 Å². The largest absolute Gasteiger partial charge is 0.694 e. The van der Waals surface area contributed by atoms with Gasteiger partial charge in [0.05, 0.1) is 24.8 Å². The van der Waals surface area contributed by atoms with Crippen LogP contribution in [-0.4, -0.2) is 109 Å². The molecule has 0 aromatic carbocycles. The van der Waals surface area contributed by atoms with Gasteiger partial charge in [-0.3, -0.25) is 13.9 Å². The number of hydrogen-bond donors (Lipinski definition) is 7. The first-order valence-corrected chi connectivity index (χ1v) is 15.3. The van der Waals surface area contributed by atoms with Crippen molar-refractivity contribution < 1.29 is 52.8 Å². The molecule has 6 heterocycles. The fourth-order valence-corrected chi connectivity index (χ4v) is 7.11. The van der Waals surface area contributed by atoms with Gasteiger partial charge < -0.3 is 49.5 Å². The number of anilines is 1. The molecule has 2 aliphatic rings. The molecule has 6 rings (SSSR count). The highest BCUT2D eigenvalue weighted by Crippen LogP contribution is 2.57. The Morgan fingerprint density at radius 3 is 2.47 bits per heavy atom. The fourth-order valence-electron chi connectivity index (χ4n) is 5.19. The first kappa shape index (κ1) is 29.8. The van der Waals surface area contributed by atoms with Gasteiger partial charge in [0.25, 0.3) is 5.56 Å². The molecular formula is C21H25N8O12P2+. The molecule has 2 fully saturated rings. The Kier molecular flexibility index (Phi) is 7.86. The summed E-state index contributed by atoms with van der Waals surface area (Å²) in [5.41, 5.74) is 4.13. The van der Waals surface area contributed by atoms with E-state index in [4.69, 9.17) is 24.6 Å². The maximum atomic E-state index is 13.7. The van der Waals surface area contributed by atoms with Gasteiger partial charge in [-0.25, -0.2) is 19.9 Å². The molecule has 8 N–H and O–H groups in total. The van der Waals surface area contributed by atoms with Crippen LogP contribution in [0.25, 0.3) is 22.2 Å². The zero-order valence-corrected chi connectivity index (χ0v) is 23.5. The molecule has 0 spiro atoms. The van der Waals surface area contributed by atoms with Gasteiger partial charge in [-0.2, -0.15) is 0 Å². The second-order valence-corrected chi connectivity index (χ2v) is 12.5. The van der Waals surface area contributed by atoms with Crippen LogP contribution in [0, 0.1) is 0 Å². The number of aromatic nitrogens is 7. The number of hydrogen-bond acceptors (Lipinski definition) is 15. The Hall–Kier alpha value is -3.26. The minimum Gasteiger partial charge on any atom is -0.389 e. The summed E-state index contributed by atoms with van der Waals surface area (Å²) in [7, 11) is -8.01. The maximum absolute atomic E-state index is 13.7. The number of nitrogens with two attached hydrogens (primary N) is 1. The number of nitrogens with zero attached hydrogens (tertiary/aromatic N) is 6. The lowest BCUT2D eigenvalue weighted by Gasteiger charge is -2.27. The molecule has 0 radical (unpaired) electrons. The smallest absolute Gasteiger partial charge is 0.389 e. The number of pyridine rings is 1. The van der Waals surface area contributed by atoms with Crippen molar-refractivity contribution in [2.45, 2.75) is 48.6 Å². The van der Waals surface area contributed by atoms with E-state index in [0.29, 0.717) is 0 Å². The van der Waals surface area contributed by atoms with Gasteiger partial charge in [-0.15, -0.1) is 9.42 Å². The third-order valence-corrected chi connectivity index (χ3v) is 9.47. The van der Waals surface area contributed by atoms with Gasteiger partial charge in [-0.1, -0.05) is 0 Å². The molecule has 4 aromatic heterocycles. The summed E-state index contributed by atoms with van der Waals surface area (Å²) >= 11 is 0. The van der Waals surface area contributed by atoms with Crippen molar-refractivity contribution in [3.05, 3.63) is 41.6 Å². The van der Waals surface area contributed by atoms with Crippen molar-refractivity contribution in [1.29, 1.82) is 0 Å². The molecule has 2 saturated heterocycles. The Labute approximate surface area is 240 Å². The lowest BCUT2D eigenvalue weighted by molar-refractivity contribution is -0.0494. The fraction of sp³-hybridized carbons (Fsp3) is 0.476. The monoisotopic (exact) mass is 643 g/mol. The van der Waals surface area contributed by atoms with E-state index >= 15 is 0 Å². The van der Waals surface area contributed by atoms with Gasteiger partial charge >= 0.3 is 15.9 Å². The van der Waals surface area contributed by atoms with Crippen molar-refractivity contribution in [2.24, 2.45) is 0 Å². The van der Waals surface area contributed by atoms with Crippen molar-refractivity contribution in [3.8, 4) is 0 Å². The van der Waals surface area contributed by atoms with Crippen molar-refractivity contribution in [2.75, 3.05) is 18.9 Å². The summed E-state index contributed by atoms with van der Waals surface area (Å²) in [4.78, 5) is 50.8. The van der Waals surface area contributed by atoms with Crippen LogP contribution < -0.4 is 11.3 Å². The highest BCUT2D eigenvalue weighted by atomic mass is 31.2. The second kappa shape index (κ2) is 11.3. The Morgan fingerprint density at radius 1 is 1.00 bits per heavy atom. The molecule has 22 heteroatoms. The quantitative estimate of drug-likeness (QED) is 0.0996. The molecule has 0 bridgehead atoms. The lowest BCUT2D eigenvalue weighted by atomic mass is 10.1. The molecule has 0 aliphatic carbocycles. The number of aromatic amines is 1. The summed E-state index contributed by atoms with van der Waals surface area (Å²) in [6.45, 7) is -1.35. The van der Waals surface area contributed by atoms with Crippen LogP contribution >= 0.6 is 15.9 Å². The van der Waals surface area contributed by atoms with Crippen LogP contribution in [0.4, 0.5) is 5.82 Å². The lowest BCUT2D eigenvalue weighted by Crippen LogP contribution is -2.36. The molecule has 2 aliphatic heterocycles. The molecule has 20 nitrogen and oxygen atoms in total. The normalized spacial score (nSPS) is 31.1. The van der Waals surface area contributed by atoms with E-state index in [0.717, 1.165) is 6.33 Å². The zero-order valence-electron chi connectivity index (χ0n) is 21.7. The third kappa shape index (κ3) is 5.26. The molecule has 0 saturated carbocycles. The zero-order chi connectivity index (χ0) is 30.6. The highest BCUT2D eigenvalue weighted by Gasteiger charge is 2.56. The topological polar surface area (TPSA) is 293 Å². The SMILES string of the molecule is Nc1ncnc2c1ncn2[C@@H]1O[C@H](COP(=O)(O)[C@@H]2[C@H](O)[C@@H](CO[P+](=O)O)O[C@H]2n2cnc3c(=O)[nH]ccc32)[C@@H](O)[C@H]1O. The summed E-state index contributed by atoms with van der Waals surface area (Å²) < 4.78 is 48.9. The number of imidazole rings is 2. The van der Waals surface area contributed by atoms with Gasteiger partial charge in [0.2, 0.25) is 0 Å². The van der Waals surface area contributed by atoms with E-state index in [1.54, 1.807) is 0 Å². The van der Waals surface area contributed by atoms with Crippen LogP contribution in [0.3, 0.4) is 0 Å². The third-order valence-electron chi connectivity index (χ3n) is 7.26. The number of nitrogens with one attached hydrogen (secondary N) is 1. The number of rotatable bonds is 9. The van der Waals surface area contributed by atoms with Gasteiger partial charge in [0.15, 0.2) is 29.4 Å². The number of H-pyrrole nitrogens is 1. The molecule has 10 atom stereocenters. The summed E-state index contributed by atoms with van der Waals surface area (Å²) in [5.74, 6) is 0.0784. The summed E-state index contributed by atoms with van der Waals surface area (Å²) in [6, 6.07) is 1.46. The first-order valence-electron chi connectivity index (χ1n) is 12.6. The predicted molar refractivity (Wildman–Crippen MR) is 141 cm³/mol. The standard InChI is InChI=1S/C21H24N8O12P2/c22-17-12-18(25-5-24-17)29(7-27-12)20-15(32)13(30)10(40-20)4-39-43(36,37)16-14(31)9(3-38-42(34)35)41-21(16)28-6-26-11-8(28)1-2-23-19(11)33/h1-2,5-7,9-10,13-16,20-21,30-32H,3-4H2,(H4-,22,23,24,25,33,34,35,36,37)/p+1/t9-,10-,13-,14-,15-,16-,20-,21-/m1/s1. The average molecular weight is 643 g/mol. The molecule has 2 unspecified atom stereocenters. The molecule has 230 valence electrons. The minimum atomic E-state index is -4.92. The Balaban J connectivity index is 1.25. The van der Waals surface area contributed by atoms with Crippen molar-refractivity contribution in [3.63, 3.8) is 0 Å². The van der Waals surface area contributed by atoms with Gasteiger partial charge in [-0.05, 0) is 6.07 Å². The van der Waals surface area contributed by atoms with E-state index < -0.39 is 83.3 Å². The van der Waals surface area contributed by atoms with E-state index in [1.807, 2.05) is 0 Å². The number of nitrogen functional groups attached to an aromatic ring is 1.